The lowest BCUT2D eigenvalue weighted by Crippen LogP contribution is -2.43. The van der Waals surface area contributed by atoms with E-state index in [-0.39, 0.29) is 24.1 Å². The number of hydrazine groups is 1. The van der Waals surface area contributed by atoms with Gasteiger partial charge in [-0.2, -0.15) is 0 Å². The van der Waals surface area contributed by atoms with Gasteiger partial charge < -0.3 is 15.0 Å². The second-order valence-electron chi connectivity index (χ2n) is 7.75. The van der Waals surface area contributed by atoms with Crippen molar-refractivity contribution in [3.05, 3.63) is 51.9 Å². The van der Waals surface area contributed by atoms with Crippen LogP contribution < -0.4 is 10.7 Å². The maximum atomic E-state index is 13.2. The number of benzene rings is 1. The summed E-state index contributed by atoms with van der Waals surface area (Å²) in [4.78, 5) is 52.1. The second kappa shape index (κ2) is 9.09. The molecule has 1 aromatic carbocycles. The Kier molecular flexibility index (Phi) is 6.24. The summed E-state index contributed by atoms with van der Waals surface area (Å²) in [5, 5.41) is 4.84. The van der Waals surface area contributed by atoms with E-state index in [1.54, 1.807) is 9.91 Å². The van der Waals surface area contributed by atoms with Crippen molar-refractivity contribution in [2.24, 2.45) is 0 Å². The quantitative estimate of drug-likeness (QED) is 0.663. The third-order valence-corrected chi connectivity index (χ3v) is 6.78. The first-order valence-electron chi connectivity index (χ1n) is 10.3. The summed E-state index contributed by atoms with van der Waals surface area (Å²) in [6, 6.07) is 8.81. The van der Waals surface area contributed by atoms with Crippen LogP contribution in [-0.2, 0) is 38.6 Å². The van der Waals surface area contributed by atoms with Gasteiger partial charge in [-0.25, -0.2) is 9.80 Å². The number of anilines is 1. The Balaban J connectivity index is 1.57. The molecule has 168 valence electrons. The molecule has 3 amide bonds. The molecule has 2 N–H and O–H groups in total. The van der Waals surface area contributed by atoms with Crippen molar-refractivity contribution in [3.63, 3.8) is 0 Å². The highest BCUT2D eigenvalue weighted by molar-refractivity contribution is 7.17. The molecule has 0 aliphatic carbocycles. The Morgan fingerprint density at radius 3 is 2.69 bits per heavy atom. The molecule has 1 atom stereocenters. The molecule has 0 unspecified atom stereocenters. The molecule has 0 radical (unpaired) electrons. The molecule has 3 heterocycles. The van der Waals surface area contributed by atoms with Gasteiger partial charge in [0.05, 0.1) is 25.6 Å². The molecule has 1 saturated heterocycles. The first kappa shape index (κ1) is 22.0. The lowest BCUT2D eigenvalue weighted by molar-refractivity contribution is -0.129. The first-order chi connectivity index (χ1) is 15.4. The molecular weight excluding hydrogens is 432 g/mol. The van der Waals surface area contributed by atoms with Crippen molar-refractivity contribution in [2.75, 3.05) is 19.0 Å². The first-order valence-corrected chi connectivity index (χ1v) is 11.1. The smallest absolute Gasteiger partial charge is 0.341 e. The fraction of sp³-hybridized carbons (Fsp3) is 0.364. The summed E-state index contributed by atoms with van der Waals surface area (Å²) in [7, 11) is 1.30. The predicted molar refractivity (Wildman–Crippen MR) is 118 cm³/mol. The highest BCUT2D eigenvalue weighted by Crippen LogP contribution is 2.38. The molecule has 1 fully saturated rings. The number of carbonyl (C=O) groups is 4. The number of nitrogens with zero attached hydrogens (tertiary/aromatic N) is 2. The Bertz CT molecular complexity index is 1070. The summed E-state index contributed by atoms with van der Waals surface area (Å²) < 4.78 is 4.96. The molecule has 32 heavy (non-hydrogen) atoms. The van der Waals surface area contributed by atoms with Crippen LogP contribution in [0.2, 0.25) is 0 Å². The van der Waals surface area contributed by atoms with Gasteiger partial charge in [0.1, 0.15) is 11.0 Å². The van der Waals surface area contributed by atoms with Crippen LogP contribution in [0.3, 0.4) is 0 Å². The number of thiophene rings is 1. The van der Waals surface area contributed by atoms with Crippen LogP contribution in [-0.4, -0.2) is 53.3 Å². The van der Waals surface area contributed by atoms with Gasteiger partial charge in [0.2, 0.25) is 17.7 Å². The Labute approximate surface area is 189 Å². The van der Waals surface area contributed by atoms with Crippen molar-refractivity contribution in [2.45, 2.75) is 38.9 Å². The lowest BCUT2D eigenvalue weighted by Gasteiger charge is -2.25. The molecule has 0 saturated carbocycles. The van der Waals surface area contributed by atoms with E-state index in [1.165, 1.54) is 25.4 Å². The Morgan fingerprint density at radius 2 is 2.00 bits per heavy atom. The van der Waals surface area contributed by atoms with E-state index in [9.17, 15) is 19.2 Å². The number of hydrogen-bond donors (Lipinski definition) is 2. The van der Waals surface area contributed by atoms with Gasteiger partial charge in [-0.1, -0.05) is 30.3 Å². The van der Waals surface area contributed by atoms with Gasteiger partial charge in [-0.05, 0) is 17.5 Å². The van der Waals surface area contributed by atoms with Gasteiger partial charge in [0.25, 0.3) is 0 Å². The third kappa shape index (κ3) is 4.37. The SMILES string of the molecule is COC(=O)c1c(NC(=O)[C@H]2CC(=O)NN2Cc2ccccc2)sc2c1CCN(C(C)=O)C2. The second-order valence-corrected chi connectivity index (χ2v) is 8.85. The van der Waals surface area contributed by atoms with Crippen LogP contribution in [0.1, 0.15) is 39.7 Å². The molecule has 2 aliphatic heterocycles. The van der Waals surface area contributed by atoms with E-state index in [0.29, 0.717) is 36.6 Å². The summed E-state index contributed by atoms with van der Waals surface area (Å²) in [6.07, 6.45) is 0.532. The molecule has 10 heteroatoms. The van der Waals surface area contributed by atoms with E-state index in [1.807, 2.05) is 30.3 Å². The van der Waals surface area contributed by atoms with Gasteiger partial charge in [0, 0.05) is 24.9 Å². The average Bonchev–Trinajstić information content (AvgIpc) is 3.32. The number of carbonyl (C=O) groups excluding carboxylic acids is 4. The number of methoxy groups -OCH3 is 1. The Hall–Kier alpha value is -3.24. The number of hydrogen-bond acceptors (Lipinski definition) is 7. The highest BCUT2D eigenvalue weighted by atomic mass is 32.1. The van der Waals surface area contributed by atoms with Crippen molar-refractivity contribution >= 4 is 40.0 Å². The van der Waals surface area contributed by atoms with Gasteiger partial charge in [0.15, 0.2) is 0 Å². The van der Waals surface area contributed by atoms with Crippen molar-refractivity contribution in [3.8, 4) is 0 Å². The van der Waals surface area contributed by atoms with E-state index < -0.39 is 12.0 Å². The maximum Gasteiger partial charge on any atom is 0.341 e. The average molecular weight is 457 g/mol. The van der Waals surface area contributed by atoms with Gasteiger partial charge >= 0.3 is 5.97 Å². The zero-order valence-corrected chi connectivity index (χ0v) is 18.7. The summed E-state index contributed by atoms with van der Waals surface area (Å²) in [5.74, 6) is -1.19. The molecule has 0 spiro atoms. The molecule has 2 aromatic rings. The number of rotatable bonds is 5. The zero-order valence-electron chi connectivity index (χ0n) is 17.8. The largest absolute Gasteiger partial charge is 0.465 e. The monoisotopic (exact) mass is 456 g/mol. The molecular formula is C22H24N4O5S. The van der Waals surface area contributed by atoms with Crippen LogP contribution in [0.5, 0.6) is 0 Å². The number of esters is 1. The Morgan fingerprint density at radius 1 is 1.25 bits per heavy atom. The van der Waals surface area contributed by atoms with Crippen LogP contribution in [0.15, 0.2) is 30.3 Å². The van der Waals surface area contributed by atoms with E-state index in [4.69, 9.17) is 4.74 Å². The van der Waals surface area contributed by atoms with Crippen LogP contribution in [0, 0.1) is 0 Å². The van der Waals surface area contributed by atoms with E-state index in [2.05, 4.69) is 10.7 Å². The van der Waals surface area contributed by atoms with Crippen LogP contribution in [0.25, 0.3) is 0 Å². The topological polar surface area (TPSA) is 108 Å². The highest BCUT2D eigenvalue weighted by Gasteiger charge is 2.37. The fourth-order valence-electron chi connectivity index (χ4n) is 4.01. The van der Waals surface area contributed by atoms with Crippen molar-refractivity contribution in [1.82, 2.24) is 15.3 Å². The molecule has 2 aliphatic rings. The minimum absolute atomic E-state index is 0.0232. The van der Waals surface area contributed by atoms with Gasteiger partial charge in [-0.3, -0.25) is 19.8 Å². The minimum atomic E-state index is -0.721. The van der Waals surface area contributed by atoms with E-state index in [0.717, 1.165) is 16.0 Å². The van der Waals surface area contributed by atoms with Crippen LogP contribution >= 0.6 is 11.3 Å². The number of fused-ring (bicyclic) bond motifs is 1. The van der Waals surface area contributed by atoms with E-state index >= 15 is 0 Å². The summed E-state index contributed by atoms with van der Waals surface area (Å²) >= 11 is 1.27. The summed E-state index contributed by atoms with van der Waals surface area (Å²) in [6.45, 7) is 2.78. The number of nitrogens with one attached hydrogen (secondary N) is 2. The van der Waals surface area contributed by atoms with Crippen molar-refractivity contribution in [1.29, 1.82) is 0 Å². The normalized spacial score (nSPS) is 18.1. The molecule has 1 aromatic heterocycles. The molecule has 0 bridgehead atoms. The lowest BCUT2D eigenvalue weighted by atomic mass is 10.0. The van der Waals surface area contributed by atoms with Crippen molar-refractivity contribution < 1.29 is 23.9 Å². The predicted octanol–water partition coefficient (Wildman–Crippen LogP) is 1.68. The molecule has 9 nitrogen and oxygen atoms in total. The number of ether oxygens (including phenoxy) is 1. The third-order valence-electron chi connectivity index (χ3n) is 5.65. The van der Waals surface area contributed by atoms with Crippen LogP contribution in [0.4, 0.5) is 5.00 Å². The summed E-state index contributed by atoms with van der Waals surface area (Å²) in [5.41, 5.74) is 4.82. The molecule has 4 rings (SSSR count). The zero-order chi connectivity index (χ0) is 22.8. The minimum Gasteiger partial charge on any atom is -0.465 e. The van der Waals surface area contributed by atoms with Gasteiger partial charge in [-0.15, -0.1) is 11.3 Å². The fourth-order valence-corrected chi connectivity index (χ4v) is 5.26. The number of amides is 3. The standard InChI is InChI=1S/C22H24N4O5S/c1-13(27)25-9-8-15-17(12-25)32-21(19(15)22(30)31-2)23-20(29)16-10-18(28)24-26(16)11-14-6-4-3-5-7-14/h3-7,16H,8-12H2,1-2H3,(H,23,29)(H,24,28)/t16-/m1/s1. The maximum absolute atomic E-state index is 13.2.